The lowest BCUT2D eigenvalue weighted by molar-refractivity contribution is 0.0698. The molecule has 18 heavy (non-hydrogen) atoms. The molecule has 98 valence electrons. The van der Waals surface area contributed by atoms with E-state index >= 15 is 0 Å². The lowest BCUT2D eigenvalue weighted by Crippen LogP contribution is -2.47. The average Bonchev–Trinajstić information content (AvgIpc) is 2.38. The molecule has 0 aromatic heterocycles. The molecule has 0 bridgehead atoms. The van der Waals surface area contributed by atoms with Crippen LogP contribution in [0.25, 0.3) is 0 Å². The third-order valence-electron chi connectivity index (χ3n) is 3.28. The quantitative estimate of drug-likeness (QED) is 0.904. The maximum absolute atomic E-state index is 12.4. The molecule has 0 saturated carbocycles. The molecule has 5 heteroatoms. The van der Waals surface area contributed by atoms with Crippen molar-refractivity contribution in [1.29, 1.82) is 0 Å². The number of likely N-dealkylation sites (tertiary alicyclic amines) is 1. The molecule has 1 unspecified atom stereocenters. The van der Waals surface area contributed by atoms with Gasteiger partial charge in [-0.15, -0.1) is 0 Å². The van der Waals surface area contributed by atoms with Crippen LogP contribution in [0, 0.1) is 0 Å². The van der Waals surface area contributed by atoms with Gasteiger partial charge in [0.1, 0.15) is 0 Å². The topological polar surface area (TPSA) is 32.3 Å². The molecular weight excluding hydrogens is 316 g/mol. The van der Waals surface area contributed by atoms with Crippen molar-refractivity contribution in [2.45, 2.75) is 18.9 Å². The van der Waals surface area contributed by atoms with E-state index in [2.05, 4.69) is 21.2 Å². The molecule has 1 amide bonds. The van der Waals surface area contributed by atoms with E-state index in [0.29, 0.717) is 16.6 Å². The second-order valence-electron chi connectivity index (χ2n) is 4.50. The Kier molecular flexibility index (Phi) is 4.65. The van der Waals surface area contributed by atoms with Crippen LogP contribution in [-0.4, -0.2) is 37.0 Å². The van der Waals surface area contributed by atoms with Crippen LogP contribution in [0.15, 0.2) is 22.7 Å². The minimum absolute atomic E-state index is 0.0208. The molecule has 1 aliphatic heterocycles. The van der Waals surface area contributed by atoms with E-state index < -0.39 is 0 Å². The molecule has 0 aliphatic carbocycles. The van der Waals surface area contributed by atoms with E-state index in [1.807, 2.05) is 18.0 Å². The first-order valence-corrected chi connectivity index (χ1v) is 7.20. The van der Waals surface area contributed by atoms with E-state index in [1.54, 1.807) is 12.1 Å². The first-order valence-electron chi connectivity index (χ1n) is 6.03. The highest BCUT2D eigenvalue weighted by Gasteiger charge is 2.24. The number of rotatable bonds is 2. The summed E-state index contributed by atoms with van der Waals surface area (Å²) in [4.78, 5) is 14.3. The number of nitrogens with zero attached hydrogens (tertiary/aromatic N) is 1. The number of benzene rings is 1. The number of nitrogens with one attached hydrogen (secondary N) is 1. The Hall–Kier alpha value is -0.580. The zero-order chi connectivity index (χ0) is 13.1. The summed E-state index contributed by atoms with van der Waals surface area (Å²) in [5, 5.41) is 3.73. The maximum atomic E-state index is 12.4. The maximum Gasteiger partial charge on any atom is 0.255 e. The summed E-state index contributed by atoms with van der Waals surface area (Å²) in [5.41, 5.74) is 0.580. The third-order valence-corrected chi connectivity index (χ3v) is 4.08. The fourth-order valence-corrected chi connectivity index (χ4v) is 2.98. The number of piperidine rings is 1. The summed E-state index contributed by atoms with van der Waals surface area (Å²) in [6.07, 6.45) is 2.15. The van der Waals surface area contributed by atoms with Gasteiger partial charge in [0.05, 0.1) is 10.6 Å². The van der Waals surface area contributed by atoms with Gasteiger partial charge in [0, 0.05) is 23.6 Å². The molecule has 1 saturated heterocycles. The smallest absolute Gasteiger partial charge is 0.255 e. The van der Waals surface area contributed by atoms with Crippen molar-refractivity contribution in [1.82, 2.24) is 10.2 Å². The molecule has 1 heterocycles. The number of hydrogen-bond acceptors (Lipinski definition) is 2. The monoisotopic (exact) mass is 330 g/mol. The Balaban J connectivity index is 2.15. The van der Waals surface area contributed by atoms with Gasteiger partial charge in [-0.1, -0.05) is 27.5 Å². The fourth-order valence-electron chi connectivity index (χ4n) is 2.23. The van der Waals surface area contributed by atoms with Crippen molar-refractivity contribution in [2.24, 2.45) is 0 Å². The zero-order valence-corrected chi connectivity index (χ0v) is 12.6. The molecule has 1 aromatic rings. The van der Waals surface area contributed by atoms with Gasteiger partial charge in [0.15, 0.2) is 0 Å². The zero-order valence-electron chi connectivity index (χ0n) is 10.2. The molecule has 1 atom stereocenters. The summed E-state index contributed by atoms with van der Waals surface area (Å²) in [5.74, 6) is 0.0208. The van der Waals surface area contributed by atoms with Gasteiger partial charge in [-0.25, -0.2) is 0 Å². The molecule has 0 radical (unpaired) electrons. The normalized spacial score (nSPS) is 19.9. The lowest BCUT2D eigenvalue weighted by atomic mass is 10.0. The lowest BCUT2D eigenvalue weighted by Gasteiger charge is -2.32. The number of carbonyl (C=O) groups is 1. The third kappa shape index (κ3) is 3.05. The predicted octanol–water partition coefficient (Wildman–Crippen LogP) is 2.93. The van der Waals surface area contributed by atoms with Gasteiger partial charge in [0.25, 0.3) is 5.91 Å². The predicted molar refractivity (Wildman–Crippen MR) is 77.1 cm³/mol. The molecule has 1 N–H and O–H groups in total. The van der Waals surface area contributed by atoms with Crippen LogP contribution in [0.1, 0.15) is 23.2 Å². The Morgan fingerprint density at radius 3 is 3.00 bits per heavy atom. The highest BCUT2D eigenvalue weighted by atomic mass is 79.9. The Labute approximate surface area is 121 Å². The number of halogens is 2. The summed E-state index contributed by atoms with van der Waals surface area (Å²) >= 11 is 9.46. The SMILES string of the molecule is CNC1CCCN(C(=O)c2ccc(Br)cc2Cl)C1. The Morgan fingerprint density at radius 2 is 2.33 bits per heavy atom. The number of carbonyl (C=O) groups excluding carboxylic acids is 1. The second kappa shape index (κ2) is 6.04. The minimum atomic E-state index is 0.0208. The summed E-state index contributed by atoms with van der Waals surface area (Å²) < 4.78 is 0.885. The summed E-state index contributed by atoms with van der Waals surface area (Å²) in [6.45, 7) is 1.56. The molecule has 3 nitrogen and oxygen atoms in total. The van der Waals surface area contributed by atoms with Gasteiger partial charge in [0.2, 0.25) is 0 Å². The number of likely N-dealkylation sites (N-methyl/N-ethyl adjacent to an activating group) is 1. The summed E-state index contributed by atoms with van der Waals surface area (Å²) in [6, 6.07) is 5.77. The van der Waals surface area contributed by atoms with E-state index in [9.17, 15) is 4.79 Å². The van der Waals surface area contributed by atoms with Crippen LogP contribution in [-0.2, 0) is 0 Å². The van der Waals surface area contributed by atoms with Crippen LogP contribution in [0.4, 0.5) is 0 Å². The largest absolute Gasteiger partial charge is 0.337 e. The molecule has 0 spiro atoms. The Morgan fingerprint density at radius 1 is 1.56 bits per heavy atom. The van der Waals surface area contributed by atoms with Gasteiger partial charge in [-0.2, -0.15) is 0 Å². The van der Waals surface area contributed by atoms with Crippen molar-refractivity contribution in [3.8, 4) is 0 Å². The second-order valence-corrected chi connectivity index (χ2v) is 5.83. The van der Waals surface area contributed by atoms with Crippen molar-refractivity contribution < 1.29 is 4.79 Å². The van der Waals surface area contributed by atoms with Crippen LogP contribution in [0.2, 0.25) is 5.02 Å². The average molecular weight is 332 g/mol. The van der Waals surface area contributed by atoms with Crippen molar-refractivity contribution in [2.75, 3.05) is 20.1 Å². The van der Waals surface area contributed by atoms with E-state index in [4.69, 9.17) is 11.6 Å². The standard InChI is InChI=1S/C13H16BrClN2O/c1-16-10-3-2-6-17(8-10)13(18)11-5-4-9(14)7-12(11)15/h4-5,7,10,16H,2-3,6,8H2,1H3. The molecule has 1 fully saturated rings. The molecular formula is C13H16BrClN2O. The Bertz CT molecular complexity index is 453. The van der Waals surface area contributed by atoms with Crippen LogP contribution in [0.5, 0.6) is 0 Å². The van der Waals surface area contributed by atoms with Crippen molar-refractivity contribution in [3.63, 3.8) is 0 Å². The minimum Gasteiger partial charge on any atom is -0.337 e. The highest BCUT2D eigenvalue weighted by Crippen LogP contribution is 2.23. The van der Waals surface area contributed by atoms with E-state index in [-0.39, 0.29) is 5.91 Å². The highest BCUT2D eigenvalue weighted by molar-refractivity contribution is 9.10. The fraction of sp³-hybridized carbons (Fsp3) is 0.462. The number of amides is 1. The molecule has 1 aliphatic rings. The van der Waals surface area contributed by atoms with Gasteiger partial charge in [-0.3, -0.25) is 4.79 Å². The van der Waals surface area contributed by atoms with Crippen LogP contribution >= 0.6 is 27.5 Å². The van der Waals surface area contributed by atoms with Crippen molar-refractivity contribution in [3.05, 3.63) is 33.3 Å². The van der Waals surface area contributed by atoms with Crippen LogP contribution < -0.4 is 5.32 Å². The molecule has 1 aromatic carbocycles. The summed E-state index contributed by atoms with van der Waals surface area (Å²) in [7, 11) is 1.94. The van der Waals surface area contributed by atoms with E-state index in [1.165, 1.54) is 0 Å². The number of hydrogen-bond donors (Lipinski definition) is 1. The first-order chi connectivity index (χ1) is 8.61. The first kappa shape index (κ1) is 13.8. The van der Waals surface area contributed by atoms with Crippen molar-refractivity contribution >= 4 is 33.4 Å². The van der Waals surface area contributed by atoms with Crippen LogP contribution in [0.3, 0.4) is 0 Å². The van der Waals surface area contributed by atoms with Gasteiger partial charge >= 0.3 is 0 Å². The van der Waals surface area contributed by atoms with Gasteiger partial charge in [-0.05, 0) is 38.1 Å². The van der Waals surface area contributed by atoms with E-state index in [0.717, 1.165) is 30.4 Å². The molecule has 2 rings (SSSR count). The van der Waals surface area contributed by atoms with Gasteiger partial charge < -0.3 is 10.2 Å².